The average Bonchev–Trinajstić information content (AvgIpc) is 3.26. The van der Waals surface area contributed by atoms with Crippen LogP contribution in [0.2, 0.25) is 0 Å². The third kappa shape index (κ3) is 2.77. The van der Waals surface area contributed by atoms with Crippen LogP contribution < -0.4 is 0 Å². The molecule has 0 radical (unpaired) electrons. The van der Waals surface area contributed by atoms with Gasteiger partial charge in [-0.2, -0.15) is 0 Å². The molecule has 5 nitrogen and oxygen atoms in total. The average molecular weight is 320 g/mol. The summed E-state index contributed by atoms with van der Waals surface area (Å²) in [5.74, 6) is 0.111. The van der Waals surface area contributed by atoms with Crippen LogP contribution in [0.1, 0.15) is 28.9 Å². The number of hydrogen-bond donors (Lipinski definition) is 0. The highest BCUT2D eigenvalue weighted by Gasteiger charge is 2.29. The standard InChI is InChI=1S/C19H20N4O/c1-14-4-5-15-11-16(6-7-18(15)21-14)19(24)23-9-2-3-17(23)12-22-10-8-20-13-22/h4-8,10-11,13,17H,2-3,9,12H2,1H3. The van der Waals surface area contributed by atoms with Crippen LogP contribution >= 0.6 is 0 Å². The van der Waals surface area contributed by atoms with Crippen molar-refractivity contribution in [1.29, 1.82) is 0 Å². The molecule has 3 heterocycles. The molecule has 0 aliphatic carbocycles. The van der Waals surface area contributed by atoms with Gasteiger partial charge in [0, 0.05) is 48.2 Å². The fourth-order valence-corrected chi connectivity index (χ4v) is 3.46. The van der Waals surface area contributed by atoms with Crippen LogP contribution in [0.5, 0.6) is 0 Å². The highest BCUT2D eigenvalue weighted by molar-refractivity contribution is 5.98. The summed E-state index contributed by atoms with van der Waals surface area (Å²) in [7, 11) is 0. The highest BCUT2D eigenvalue weighted by atomic mass is 16.2. The number of benzene rings is 1. The number of aromatic nitrogens is 3. The number of fused-ring (bicyclic) bond motifs is 1. The summed E-state index contributed by atoms with van der Waals surface area (Å²) in [4.78, 5) is 23.6. The second-order valence-corrected chi connectivity index (χ2v) is 6.41. The van der Waals surface area contributed by atoms with E-state index in [0.717, 1.165) is 48.1 Å². The van der Waals surface area contributed by atoms with Gasteiger partial charge < -0.3 is 9.47 Å². The lowest BCUT2D eigenvalue weighted by atomic mass is 10.1. The molecule has 1 aromatic carbocycles. The lowest BCUT2D eigenvalue weighted by molar-refractivity contribution is 0.0724. The number of hydrogen-bond acceptors (Lipinski definition) is 3. The van der Waals surface area contributed by atoms with E-state index >= 15 is 0 Å². The molecule has 1 unspecified atom stereocenters. The number of carbonyl (C=O) groups excluding carboxylic acids is 1. The van der Waals surface area contributed by atoms with Gasteiger partial charge >= 0.3 is 0 Å². The minimum Gasteiger partial charge on any atom is -0.335 e. The molecule has 122 valence electrons. The van der Waals surface area contributed by atoms with Gasteiger partial charge in [-0.15, -0.1) is 0 Å². The smallest absolute Gasteiger partial charge is 0.254 e. The lowest BCUT2D eigenvalue weighted by Crippen LogP contribution is -2.37. The molecule has 1 aliphatic rings. The Morgan fingerprint density at radius 3 is 3.04 bits per heavy atom. The maximum Gasteiger partial charge on any atom is 0.254 e. The number of amides is 1. The zero-order chi connectivity index (χ0) is 16.5. The fourth-order valence-electron chi connectivity index (χ4n) is 3.46. The Hall–Kier alpha value is -2.69. The van der Waals surface area contributed by atoms with Crippen molar-refractivity contribution in [3.63, 3.8) is 0 Å². The van der Waals surface area contributed by atoms with Crippen molar-refractivity contribution < 1.29 is 4.79 Å². The molecule has 3 aromatic rings. The van der Waals surface area contributed by atoms with Gasteiger partial charge in [0.25, 0.3) is 5.91 Å². The third-order valence-corrected chi connectivity index (χ3v) is 4.69. The van der Waals surface area contributed by atoms with Gasteiger partial charge in [0.05, 0.1) is 11.8 Å². The molecule has 5 heteroatoms. The number of rotatable bonds is 3. The van der Waals surface area contributed by atoms with E-state index in [-0.39, 0.29) is 11.9 Å². The fraction of sp³-hybridized carbons (Fsp3) is 0.316. The van der Waals surface area contributed by atoms with Crippen LogP contribution in [0.4, 0.5) is 0 Å². The van der Waals surface area contributed by atoms with Gasteiger partial charge in [0.2, 0.25) is 0 Å². The summed E-state index contributed by atoms with van der Waals surface area (Å²) in [5, 5.41) is 1.01. The molecule has 0 spiro atoms. The molecule has 1 saturated heterocycles. The lowest BCUT2D eigenvalue weighted by Gasteiger charge is -2.25. The summed E-state index contributed by atoms with van der Waals surface area (Å²) < 4.78 is 2.04. The minimum absolute atomic E-state index is 0.111. The maximum atomic E-state index is 13.0. The Kier molecular flexibility index (Phi) is 3.76. The van der Waals surface area contributed by atoms with E-state index in [1.807, 2.05) is 59.2 Å². The Labute approximate surface area is 140 Å². The van der Waals surface area contributed by atoms with Crippen molar-refractivity contribution >= 4 is 16.8 Å². The predicted molar refractivity (Wildman–Crippen MR) is 92.8 cm³/mol. The normalized spacial score (nSPS) is 17.5. The van der Waals surface area contributed by atoms with Gasteiger partial charge in [-0.3, -0.25) is 9.78 Å². The van der Waals surface area contributed by atoms with Crippen molar-refractivity contribution in [2.45, 2.75) is 32.4 Å². The summed E-state index contributed by atoms with van der Waals surface area (Å²) in [6.45, 7) is 3.60. The zero-order valence-corrected chi connectivity index (χ0v) is 13.7. The Morgan fingerprint density at radius 1 is 1.29 bits per heavy atom. The number of aryl methyl sites for hydroxylation is 1. The van der Waals surface area contributed by atoms with Crippen molar-refractivity contribution in [2.24, 2.45) is 0 Å². The molecule has 1 amide bonds. The molecule has 1 fully saturated rings. The first-order valence-corrected chi connectivity index (χ1v) is 8.35. The summed E-state index contributed by atoms with van der Waals surface area (Å²) in [5.41, 5.74) is 2.66. The van der Waals surface area contributed by atoms with Crippen molar-refractivity contribution in [3.05, 3.63) is 60.3 Å². The molecule has 0 bridgehead atoms. The zero-order valence-electron chi connectivity index (χ0n) is 13.7. The number of imidazole rings is 1. The summed E-state index contributed by atoms with van der Waals surface area (Å²) in [6.07, 6.45) is 7.63. The first-order chi connectivity index (χ1) is 11.7. The molecule has 0 saturated carbocycles. The molecular formula is C19H20N4O. The van der Waals surface area contributed by atoms with Crippen LogP contribution in [0.25, 0.3) is 10.9 Å². The number of pyridine rings is 1. The van der Waals surface area contributed by atoms with Crippen molar-refractivity contribution in [2.75, 3.05) is 6.54 Å². The van der Waals surface area contributed by atoms with Gasteiger partial charge in [-0.05, 0) is 44.0 Å². The van der Waals surface area contributed by atoms with Crippen LogP contribution in [-0.4, -0.2) is 37.9 Å². The molecular weight excluding hydrogens is 300 g/mol. The van der Waals surface area contributed by atoms with E-state index in [1.165, 1.54) is 0 Å². The monoisotopic (exact) mass is 320 g/mol. The Balaban J connectivity index is 1.59. The van der Waals surface area contributed by atoms with Crippen LogP contribution in [0, 0.1) is 6.92 Å². The topological polar surface area (TPSA) is 51.0 Å². The minimum atomic E-state index is 0.111. The van der Waals surface area contributed by atoms with E-state index in [1.54, 1.807) is 6.20 Å². The highest BCUT2D eigenvalue weighted by Crippen LogP contribution is 2.23. The molecule has 4 rings (SSSR count). The quantitative estimate of drug-likeness (QED) is 0.745. The summed E-state index contributed by atoms with van der Waals surface area (Å²) in [6, 6.07) is 10.0. The second-order valence-electron chi connectivity index (χ2n) is 6.41. The molecule has 0 N–H and O–H groups in total. The van der Waals surface area contributed by atoms with Crippen molar-refractivity contribution in [1.82, 2.24) is 19.4 Å². The van der Waals surface area contributed by atoms with Crippen LogP contribution in [-0.2, 0) is 6.54 Å². The SMILES string of the molecule is Cc1ccc2cc(C(=O)N3CCCC3Cn3ccnc3)ccc2n1. The third-order valence-electron chi connectivity index (χ3n) is 4.69. The molecule has 1 atom stereocenters. The number of carbonyl (C=O) groups is 1. The van der Waals surface area contributed by atoms with E-state index in [2.05, 4.69) is 9.97 Å². The van der Waals surface area contributed by atoms with E-state index in [4.69, 9.17) is 0 Å². The first-order valence-electron chi connectivity index (χ1n) is 8.35. The van der Waals surface area contributed by atoms with E-state index < -0.39 is 0 Å². The first kappa shape index (κ1) is 14.9. The van der Waals surface area contributed by atoms with Crippen LogP contribution in [0.15, 0.2) is 49.1 Å². The van der Waals surface area contributed by atoms with Crippen molar-refractivity contribution in [3.8, 4) is 0 Å². The van der Waals surface area contributed by atoms with Gasteiger partial charge in [-0.1, -0.05) is 6.07 Å². The Morgan fingerprint density at radius 2 is 2.21 bits per heavy atom. The second kappa shape index (κ2) is 6.07. The molecule has 2 aromatic heterocycles. The molecule has 24 heavy (non-hydrogen) atoms. The number of likely N-dealkylation sites (tertiary alicyclic amines) is 1. The largest absolute Gasteiger partial charge is 0.335 e. The van der Waals surface area contributed by atoms with Gasteiger partial charge in [-0.25, -0.2) is 4.98 Å². The van der Waals surface area contributed by atoms with E-state index in [0.29, 0.717) is 0 Å². The maximum absolute atomic E-state index is 13.0. The number of nitrogens with zero attached hydrogens (tertiary/aromatic N) is 4. The van der Waals surface area contributed by atoms with Gasteiger partial charge in [0.1, 0.15) is 0 Å². The molecule has 1 aliphatic heterocycles. The summed E-state index contributed by atoms with van der Waals surface area (Å²) >= 11 is 0. The van der Waals surface area contributed by atoms with Crippen LogP contribution in [0.3, 0.4) is 0 Å². The predicted octanol–water partition coefficient (Wildman–Crippen LogP) is 3.04. The Bertz CT molecular complexity index is 872. The van der Waals surface area contributed by atoms with E-state index in [9.17, 15) is 4.79 Å². The van der Waals surface area contributed by atoms with Gasteiger partial charge in [0.15, 0.2) is 0 Å².